The molecule has 0 fully saturated rings. The van der Waals surface area contributed by atoms with Crippen LogP contribution in [0.5, 0.6) is 0 Å². The van der Waals surface area contributed by atoms with Gasteiger partial charge in [-0.05, 0) is 103 Å². The van der Waals surface area contributed by atoms with E-state index < -0.39 is 0 Å². The first-order valence-electron chi connectivity index (χ1n) is 17.7. The first-order valence-corrected chi connectivity index (χ1v) is 18.5. The van der Waals surface area contributed by atoms with Gasteiger partial charge in [-0.3, -0.25) is 0 Å². The van der Waals surface area contributed by atoms with Crippen LogP contribution in [-0.4, -0.2) is 0 Å². The zero-order valence-electron chi connectivity index (χ0n) is 28.6. The molecule has 0 aromatic heterocycles. The number of anilines is 3. The Balaban J connectivity index is 1.23. The van der Waals surface area contributed by atoms with E-state index in [1.807, 2.05) is 11.8 Å². The van der Waals surface area contributed by atoms with Crippen LogP contribution in [0.4, 0.5) is 17.1 Å². The highest BCUT2D eigenvalue weighted by molar-refractivity contribution is 7.99. The average molecular weight is 670 g/mol. The van der Waals surface area contributed by atoms with Crippen molar-refractivity contribution < 1.29 is 0 Å². The Morgan fingerprint density at radius 2 is 1.02 bits per heavy atom. The Labute approximate surface area is 303 Å². The first-order chi connectivity index (χ1) is 25.1. The fraction of sp³-hybridized carbons (Fsp3) is 0.0612. The molecule has 1 nitrogen and oxygen atoms in total. The van der Waals surface area contributed by atoms with Crippen LogP contribution in [0.1, 0.15) is 25.0 Å². The van der Waals surface area contributed by atoms with Crippen molar-refractivity contribution in [1.82, 2.24) is 0 Å². The second-order valence-corrected chi connectivity index (χ2v) is 15.2. The lowest BCUT2D eigenvalue weighted by molar-refractivity contribution is 0.660. The van der Waals surface area contributed by atoms with Gasteiger partial charge >= 0.3 is 0 Å². The third kappa shape index (κ3) is 4.71. The van der Waals surface area contributed by atoms with Crippen LogP contribution in [-0.2, 0) is 5.41 Å². The zero-order valence-corrected chi connectivity index (χ0v) is 29.4. The molecule has 1 aliphatic heterocycles. The molecule has 10 rings (SSSR count). The molecule has 8 aromatic carbocycles. The van der Waals surface area contributed by atoms with Gasteiger partial charge in [-0.1, -0.05) is 165 Å². The van der Waals surface area contributed by atoms with Crippen molar-refractivity contribution in [3.63, 3.8) is 0 Å². The third-order valence-corrected chi connectivity index (χ3v) is 12.1. The summed E-state index contributed by atoms with van der Waals surface area (Å²) in [5.74, 6) is 0. The number of benzene rings is 8. The quantitative estimate of drug-likeness (QED) is 0.183. The third-order valence-electron chi connectivity index (χ3n) is 10.9. The van der Waals surface area contributed by atoms with E-state index in [0.29, 0.717) is 0 Å². The molecule has 242 valence electrons. The fourth-order valence-electron chi connectivity index (χ4n) is 8.39. The molecule has 0 unspecified atom stereocenters. The summed E-state index contributed by atoms with van der Waals surface area (Å²) in [7, 11) is 0. The smallest absolute Gasteiger partial charge is 0.0607 e. The minimum absolute atomic E-state index is 0.108. The molecule has 51 heavy (non-hydrogen) atoms. The van der Waals surface area contributed by atoms with Gasteiger partial charge in [-0.15, -0.1) is 0 Å². The van der Waals surface area contributed by atoms with Crippen molar-refractivity contribution in [3.05, 3.63) is 187 Å². The summed E-state index contributed by atoms with van der Waals surface area (Å²) in [6.07, 6.45) is 0. The summed E-state index contributed by atoms with van der Waals surface area (Å²) in [5, 5.41) is 2.57. The van der Waals surface area contributed by atoms with Crippen molar-refractivity contribution in [2.45, 2.75) is 29.1 Å². The van der Waals surface area contributed by atoms with E-state index in [-0.39, 0.29) is 5.41 Å². The van der Waals surface area contributed by atoms with Gasteiger partial charge in [-0.2, -0.15) is 0 Å². The Morgan fingerprint density at radius 1 is 0.431 bits per heavy atom. The molecule has 0 bridgehead atoms. The van der Waals surface area contributed by atoms with Crippen molar-refractivity contribution in [1.29, 1.82) is 0 Å². The highest BCUT2D eigenvalue weighted by Gasteiger charge is 2.36. The lowest BCUT2D eigenvalue weighted by Gasteiger charge is -2.31. The summed E-state index contributed by atoms with van der Waals surface area (Å²) >= 11 is 1.88. The maximum atomic E-state index is 2.48. The Bertz CT molecular complexity index is 2630. The molecule has 1 heterocycles. The van der Waals surface area contributed by atoms with Gasteiger partial charge in [0.2, 0.25) is 0 Å². The van der Waals surface area contributed by atoms with Gasteiger partial charge < -0.3 is 4.90 Å². The van der Waals surface area contributed by atoms with E-state index in [0.717, 1.165) is 11.4 Å². The first kappa shape index (κ1) is 30.0. The van der Waals surface area contributed by atoms with Gasteiger partial charge in [0.25, 0.3) is 0 Å². The molecule has 2 heteroatoms. The molecule has 0 N–H and O–H groups in total. The molecule has 0 saturated carbocycles. The zero-order chi connectivity index (χ0) is 34.1. The van der Waals surface area contributed by atoms with Gasteiger partial charge in [0.05, 0.1) is 5.69 Å². The Kier molecular flexibility index (Phi) is 6.84. The van der Waals surface area contributed by atoms with E-state index in [1.54, 1.807) is 0 Å². The van der Waals surface area contributed by atoms with Crippen LogP contribution in [0.15, 0.2) is 186 Å². The summed E-state index contributed by atoms with van der Waals surface area (Å²) in [5.41, 5.74) is 16.3. The predicted octanol–water partition coefficient (Wildman–Crippen LogP) is 14.1. The molecule has 0 radical (unpaired) electrons. The normalized spacial score (nSPS) is 13.4. The Morgan fingerprint density at radius 3 is 1.82 bits per heavy atom. The molecule has 2 aliphatic rings. The van der Waals surface area contributed by atoms with Crippen molar-refractivity contribution in [2.24, 2.45) is 0 Å². The topological polar surface area (TPSA) is 3.24 Å². The van der Waals surface area contributed by atoms with E-state index >= 15 is 0 Å². The van der Waals surface area contributed by atoms with Crippen LogP contribution in [0.25, 0.3) is 55.3 Å². The summed E-state index contributed by atoms with van der Waals surface area (Å²) in [6.45, 7) is 4.73. The average Bonchev–Trinajstić information content (AvgIpc) is 3.41. The van der Waals surface area contributed by atoms with Crippen LogP contribution >= 0.6 is 11.8 Å². The largest absolute Gasteiger partial charge is 0.309 e. The van der Waals surface area contributed by atoms with Crippen molar-refractivity contribution in [2.75, 3.05) is 4.90 Å². The van der Waals surface area contributed by atoms with Crippen molar-refractivity contribution in [3.8, 4) is 44.5 Å². The van der Waals surface area contributed by atoms with Gasteiger partial charge in [0.1, 0.15) is 0 Å². The summed E-state index contributed by atoms with van der Waals surface area (Å²) < 4.78 is 0. The van der Waals surface area contributed by atoms with E-state index in [4.69, 9.17) is 0 Å². The van der Waals surface area contributed by atoms with E-state index in [9.17, 15) is 0 Å². The number of hydrogen-bond acceptors (Lipinski definition) is 2. The monoisotopic (exact) mass is 669 g/mol. The van der Waals surface area contributed by atoms with Crippen LogP contribution < -0.4 is 4.90 Å². The minimum Gasteiger partial charge on any atom is -0.309 e. The second kappa shape index (κ2) is 11.6. The molecule has 0 atom stereocenters. The van der Waals surface area contributed by atoms with Gasteiger partial charge in [0.15, 0.2) is 0 Å². The SMILES string of the molecule is CC1(C)c2ccccc2-c2ccc(N(c3ccc(-c4ccccc4)cc3)c3cccc4c3Sc3ccccc3-c3cccc5cccc-4c35)cc21. The lowest BCUT2D eigenvalue weighted by Crippen LogP contribution is -2.17. The number of hydrogen-bond donors (Lipinski definition) is 0. The molecular formula is C49H35NS. The minimum atomic E-state index is -0.108. The number of nitrogens with zero attached hydrogens (tertiary/aromatic N) is 1. The molecular weight excluding hydrogens is 635 g/mol. The molecule has 0 saturated heterocycles. The van der Waals surface area contributed by atoms with Gasteiger partial charge in [-0.25, -0.2) is 0 Å². The predicted molar refractivity (Wildman–Crippen MR) is 217 cm³/mol. The number of rotatable bonds is 4. The van der Waals surface area contributed by atoms with E-state index in [2.05, 4.69) is 195 Å². The van der Waals surface area contributed by atoms with Crippen LogP contribution in [0.3, 0.4) is 0 Å². The molecule has 0 amide bonds. The number of fused-ring (bicyclic) bond motifs is 7. The summed E-state index contributed by atoms with van der Waals surface area (Å²) in [4.78, 5) is 5.00. The Hall–Kier alpha value is -5.83. The van der Waals surface area contributed by atoms with Crippen LogP contribution in [0.2, 0.25) is 0 Å². The van der Waals surface area contributed by atoms with Gasteiger partial charge in [0, 0.05) is 26.6 Å². The second-order valence-electron chi connectivity index (χ2n) is 14.1. The molecule has 1 aliphatic carbocycles. The standard InChI is InChI=1S/C49H35NS/c1-49(2)43-22-8-6-17-37(43)38-30-29-36(31-44(38)49)50(35-27-25-33(26-28-35)32-13-4-3-5-14-32)45-23-12-21-42-41-20-11-16-34-15-10-19-40(47(34)41)39-18-7-9-24-46(39)51-48(42)45/h3-31H,1-2H3. The molecule has 8 aromatic rings. The van der Waals surface area contributed by atoms with Crippen LogP contribution in [0, 0.1) is 0 Å². The summed E-state index contributed by atoms with van der Waals surface area (Å²) in [6, 6.07) is 65.0. The highest BCUT2D eigenvalue weighted by Crippen LogP contribution is 2.54. The fourth-order valence-corrected chi connectivity index (χ4v) is 9.60. The molecule has 0 spiro atoms. The lowest BCUT2D eigenvalue weighted by atomic mass is 9.82. The maximum absolute atomic E-state index is 2.48. The highest BCUT2D eigenvalue weighted by atomic mass is 32.2. The maximum Gasteiger partial charge on any atom is 0.0607 e. The van der Waals surface area contributed by atoms with E-state index in [1.165, 1.54) is 81.9 Å². The van der Waals surface area contributed by atoms with Crippen molar-refractivity contribution >= 4 is 39.6 Å².